The minimum absolute atomic E-state index is 0.517. The van der Waals surface area contributed by atoms with E-state index in [2.05, 4.69) is 39.7 Å². The summed E-state index contributed by atoms with van der Waals surface area (Å²) >= 11 is 0. The minimum atomic E-state index is 0.517. The van der Waals surface area contributed by atoms with Crippen LogP contribution in [0.3, 0.4) is 0 Å². The van der Waals surface area contributed by atoms with Crippen molar-refractivity contribution in [1.82, 2.24) is 9.97 Å². The van der Waals surface area contributed by atoms with E-state index in [4.69, 9.17) is 5.84 Å². The van der Waals surface area contributed by atoms with E-state index in [1.165, 1.54) is 23.6 Å². The van der Waals surface area contributed by atoms with Crippen LogP contribution in [0.2, 0.25) is 0 Å². The highest BCUT2D eigenvalue weighted by Gasteiger charge is 2.27. The number of hydrogen-bond acceptors (Lipinski definition) is 4. The summed E-state index contributed by atoms with van der Waals surface area (Å²) in [5, 5.41) is 3.35. The quantitative estimate of drug-likeness (QED) is 0.417. The van der Waals surface area contributed by atoms with Crippen LogP contribution in [0.1, 0.15) is 24.6 Å². The number of fused-ring (bicyclic) bond motifs is 2. The Labute approximate surface area is 110 Å². The van der Waals surface area contributed by atoms with Gasteiger partial charge in [-0.25, -0.2) is 15.8 Å². The Morgan fingerprint density at radius 1 is 1.05 bits per heavy atom. The lowest BCUT2D eigenvalue weighted by Crippen LogP contribution is -2.11. The lowest BCUT2D eigenvalue weighted by atomic mass is 10.1. The first-order valence-corrected chi connectivity index (χ1v) is 6.52. The maximum Gasteiger partial charge on any atom is 0.151 e. The topological polar surface area (TPSA) is 63.8 Å². The molecule has 0 bridgehead atoms. The highest BCUT2D eigenvalue weighted by atomic mass is 15.3. The summed E-state index contributed by atoms with van der Waals surface area (Å²) in [7, 11) is 0. The maximum atomic E-state index is 5.61. The van der Waals surface area contributed by atoms with Gasteiger partial charge < -0.3 is 5.43 Å². The van der Waals surface area contributed by atoms with Crippen molar-refractivity contribution in [3.8, 4) is 0 Å². The highest BCUT2D eigenvalue weighted by Crippen LogP contribution is 2.39. The number of nitrogens with zero attached hydrogens (tertiary/aromatic N) is 2. The molecule has 4 rings (SSSR count). The van der Waals surface area contributed by atoms with Gasteiger partial charge in [-0.05, 0) is 35.7 Å². The molecule has 0 aliphatic heterocycles. The van der Waals surface area contributed by atoms with E-state index < -0.39 is 0 Å². The maximum absolute atomic E-state index is 5.61. The van der Waals surface area contributed by atoms with Crippen LogP contribution in [0.25, 0.3) is 21.7 Å². The molecule has 3 N–H and O–H groups in total. The minimum Gasteiger partial charge on any atom is -0.308 e. The first kappa shape index (κ1) is 10.7. The Bertz CT molecular complexity index is 778. The molecule has 0 radical (unpaired) electrons. The number of anilines is 1. The second-order valence-corrected chi connectivity index (χ2v) is 5.07. The molecule has 1 heterocycles. The molecule has 19 heavy (non-hydrogen) atoms. The van der Waals surface area contributed by atoms with E-state index in [0.717, 1.165) is 22.5 Å². The number of aromatic nitrogens is 2. The molecular weight excluding hydrogens is 236 g/mol. The summed E-state index contributed by atoms with van der Waals surface area (Å²) in [4.78, 5) is 9.23. The molecular formula is C15H14N4. The fourth-order valence-electron chi connectivity index (χ4n) is 2.47. The third-order valence-corrected chi connectivity index (χ3v) is 3.66. The SMILES string of the molecule is NNc1nc(C2CC2)nc2cc3ccccc3cc12. The first-order valence-electron chi connectivity index (χ1n) is 6.52. The van der Waals surface area contributed by atoms with E-state index in [1.807, 2.05) is 12.1 Å². The monoisotopic (exact) mass is 250 g/mol. The van der Waals surface area contributed by atoms with Crippen LogP contribution in [0.5, 0.6) is 0 Å². The standard InChI is InChI=1S/C15H14N4/c16-19-15-12-7-10-3-1-2-4-11(10)8-13(12)17-14(18-15)9-5-6-9/h1-4,7-9H,5-6,16H2,(H,17,18,19). The molecule has 0 atom stereocenters. The predicted octanol–water partition coefficient (Wildman–Crippen LogP) is 2.95. The summed E-state index contributed by atoms with van der Waals surface area (Å²) in [6.45, 7) is 0. The van der Waals surface area contributed by atoms with Crippen LogP contribution in [0.4, 0.5) is 5.82 Å². The van der Waals surface area contributed by atoms with Crippen molar-refractivity contribution in [1.29, 1.82) is 0 Å². The predicted molar refractivity (Wildman–Crippen MR) is 76.8 cm³/mol. The second kappa shape index (κ2) is 3.90. The third-order valence-electron chi connectivity index (χ3n) is 3.66. The molecule has 1 aromatic heterocycles. The summed E-state index contributed by atoms with van der Waals surface area (Å²) in [6.07, 6.45) is 2.37. The highest BCUT2D eigenvalue weighted by molar-refractivity contribution is 6.00. The molecule has 1 aliphatic rings. The molecule has 1 fully saturated rings. The van der Waals surface area contributed by atoms with Gasteiger partial charge in [-0.3, -0.25) is 0 Å². The van der Waals surface area contributed by atoms with Gasteiger partial charge in [-0.2, -0.15) is 0 Å². The van der Waals surface area contributed by atoms with Gasteiger partial charge in [0, 0.05) is 11.3 Å². The van der Waals surface area contributed by atoms with Crippen molar-refractivity contribution in [2.75, 3.05) is 5.43 Å². The van der Waals surface area contributed by atoms with Gasteiger partial charge in [0.1, 0.15) is 5.82 Å². The fourth-order valence-corrected chi connectivity index (χ4v) is 2.47. The van der Waals surface area contributed by atoms with E-state index in [1.54, 1.807) is 0 Å². The van der Waals surface area contributed by atoms with Gasteiger partial charge in [0.05, 0.1) is 5.52 Å². The number of nitrogen functional groups attached to an aromatic ring is 1. The van der Waals surface area contributed by atoms with E-state index in [0.29, 0.717) is 5.92 Å². The summed E-state index contributed by atoms with van der Waals surface area (Å²) in [5.41, 5.74) is 3.67. The van der Waals surface area contributed by atoms with Crippen molar-refractivity contribution in [3.05, 3.63) is 42.2 Å². The molecule has 0 amide bonds. The number of benzene rings is 2. The van der Waals surface area contributed by atoms with Crippen molar-refractivity contribution in [3.63, 3.8) is 0 Å². The van der Waals surface area contributed by atoms with Crippen molar-refractivity contribution >= 4 is 27.5 Å². The lowest BCUT2D eigenvalue weighted by Gasteiger charge is -2.08. The first-order chi connectivity index (χ1) is 9.35. The molecule has 2 aromatic carbocycles. The van der Waals surface area contributed by atoms with Crippen molar-refractivity contribution in [2.24, 2.45) is 5.84 Å². The molecule has 94 valence electrons. The Kier molecular flexibility index (Phi) is 2.19. The average Bonchev–Trinajstić information content (AvgIpc) is 3.28. The molecule has 1 saturated carbocycles. The van der Waals surface area contributed by atoms with Crippen LogP contribution in [0.15, 0.2) is 36.4 Å². The van der Waals surface area contributed by atoms with Gasteiger partial charge >= 0.3 is 0 Å². The van der Waals surface area contributed by atoms with Crippen LogP contribution in [-0.4, -0.2) is 9.97 Å². The average molecular weight is 250 g/mol. The van der Waals surface area contributed by atoms with E-state index >= 15 is 0 Å². The van der Waals surface area contributed by atoms with Crippen LogP contribution >= 0.6 is 0 Å². The van der Waals surface area contributed by atoms with Gasteiger partial charge in [0.2, 0.25) is 0 Å². The molecule has 1 aliphatic carbocycles. The molecule has 0 spiro atoms. The lowest BCUT2D eigenvalue weighted by molar-refractivity contribution is 0.946. The molecule has 0 saturated heterocycles. The number of hydrazine groups is 1. The number of nitrogens with two attached hydrogens (primary N) is 1. The van der Waals surface area contributed by atoms with Crippen LogP contribution in [-0.2, 0) is 0 Å². The molecule has 0 unspecified atom stereocenters. The van der Waals surface area contributed by atoms with E-state index in [-0.39, 0.29) is 0 Å². The Hall–Kier alpha value is -2.20. The largest absolute Gasteiger partial charge is 0.308 e. The molecule has 3 aromatic rings. The second-order valence-electron chi connectivity index (χ2n) is 5.07. The number of rotatable bonds is 2. The van der Waals surface area contributed by atoms with Crippen molar-refractivity contribution < 1.29 is 0 Å². The Balaban J connectivity index is 2.06. The van der Waals surface area contributed by atoms with Crippen LogP contribution in [0, 0.1) is 0 Å². The molecule has 4 heteroatoms. The smallest absolute Gasteiger partial charge is 0.151 e. The van der Waals surface area contributed by atoms with Crippen LogP contribution < -0.4 is 11.3 Å². The van der Waals surface area contributed by atoms with Gasteiger partial charge in [-0.1, -0.05) is 24.3 Å². The summed E-state index contributed by atoms with van der Waals surface area (Å²) in [5.74, 6) is 7.76. The Morgan fingerprint density at radius 2 is 1.79 bits per heavy atom. The summed E-state index contributed by atoms with van der Waals surface area (Å²) < 4.78 is 0. The van der Waals surface area contributed by atoms with Crippen molar-refractivity contribution in [2.45, 2.75) is 18.8 Å². The van der Waals surface area contributed by atoms with Gasteiger partial charge in [0.15, 0.2) is 5.82 Å². The van der Waals surface area contributed by atoms with Gasteiger partial charge in [-0.15, -0.1) is 0 Å². The zero-order valence-corrected chi connectivity index (χ0v) is 10.4. The Morgan fingerprint density at radius 3 is 2.47 bits per heavy atom. The number of nitrogens with one attached hydrogen (secondary N) is 1. The fraction of sp³-hybridized carbons (Fsp3) is 0.200. The third kappa shape index (κ3) is 1.72. The zero-order valence-electron chi connectivity index (χ0n) is 10.4. The molecule has 4 nitrogen and oxygen atoms in total. The zero-order chi connectivity index (χ0) is 12.8. The van der Waals surface area contributed by atoms with E-state index in [9.17, 15) is 0 Å². The van der Waals surface area contributed by atoms with Gasteiger partial charge in [0.25, 0.3) is 0 Å². The normalized spacial score (nSPS) is 15.0. The number of hydrogen-bond donors (Lipinski definition) is 2. The summed E-state index contributed by atoms with van der Waals surface area (Å²) in [6, 6.07) is 12.5.